The van der Waals surface area contributed by atoms with Crippen molar-refractivity contribution in [2.45, 2.75) is 63.5 Å². The van der Waals surface area contributed by atoms with Gasteiger partial charge in [0.05, 0.1) is 78.7 Å². The molecule has 11 aromatic rings. The van der Waals surface area contributed by atoms with Crippen LogP contribution in [-0.2, 0) is 16.8 Å². The molecule has 0 aliphatic heterocycles. The van der Waals surface area contributed by atoms with Gasteiger partial charge in [0.25, 0.3) is 5.78 Å². The highest BCUT2D eigenvalue weighted by Crippen LogP contribution is 2.41. The van der Waals surface area contributed by atoms with Gasteiger partial charge in [-0.1, -0.05) is 69.6 Å². The van der Waals surface area contributed by atoms with E-state index < -0.39 is 45.9 Å². The summed E-state index contributed by atoms with van der Waals surface area (Å²) in [5.41, 5.74) is 3.75. The summed E-state index contributed by atoms with van der Waals surface area (Å²) in [6.45, 7) is 5.98. The maximum Gasteiger partial charge on any atom is 0.456 e. The number of methoxy groups -OCH3 is 5. The number of nitrogens with two attached hydrogens (primary N) is 1. The number of carbonyl (C=O) groups excluding carboxylic acids is 2. The van der Waals surface area contributed by atoms with Crippen LogP contribution in [0.25, 0.3) is 42.3 Å². The highest BCUT2D eigenvalue weighted by molar-refractivity contribution is 7.20. The smallest absolute Gasteiger partial charge is 0.456 e. The molecule has 0 saturated carbocycles. The van der Waals surface area contributed by atoms with Gasteiger partial charge in [-0.2, -0.15) is 13.2 Å². The summed E-state index contributed by atoms with van der Waals surface area (Å²) < 4.78 is 71.4. The fourth-order valence-corrected chi connectivity index (χ4v) is 13.7. The summed E-state index contributed by atoms with van der Waals surface area (Å²) in [5, 5.41) is 52.9. The highest BCUT2D eigenvalue weighted by atomic mass is 35.5. The molecule has 6 N–H and O–H groups in total. The molecule has 566 valence electrons. The number of halogens is 9. The van der Waals surface area contributed by atoms with Crippen LogP contribution >= 0.6 is 138 Å². The first-order chi connectivity index (χ1) is 50.1. The lowest BCUT2D eigenvalue weighted by Gasteiger charge is -2.23. The molecule has 1 aromatic carbocycles. The van der Waals surface area contributed by atoms with Gasteiger partial charge in [0.1, 0.15) is 69.3 Å². The SMILES string of the molecule is COc1cc(C(=O)CCC(C)(O)c2ccc(OC)c(-c3cnc(Cl)s3)n2)ccc1OCCO.COc1ccc(C(=O)C(F)(F)F)nc1-c1cnc(Cl)s1.COc1ccc(C(C)(O)CN)nc1-c1cnc(Cl)s1.COc1ccc(C(C)(O)C[N+](=O)[O-])nc1-c1cnc(Cl)s1.Cc1cnc(Cl)s1.Clc1nccs1. The van der Waals surface area contributed by atoms with Crippen LogP contribution in [0, 0.1) is 17.0 Å². The number of alkyl halides is 3. The number of Topliss-reactive ketones (excluding diaryl/α,β-unsaturated/α-hetero) is 2. The Bertz CT molecular complexity index is 4690. The fourth-order valence-electron chi connectivity index (χ4n) is 8.49. The van der Waals surface area contributed by atoms with E-state index in [-0.39, 0.29) is 60.0 Å². The topological polar surface area (TPSA) is 368 Å². The van der Waals surface area contributed by atoms with Crippen molar-refractivity contribution in [1.82, 2.24) is 49.8 Å². The van der Waals surface area contributed by atoms with Gasteiger partial charge in [-0.05, 0) is 101 Å². The third-order valence-corrected chi connectivity index (χ3v) is 20.2. The zero-order chi connectivity index (χ0) is 78.3. The van der Waals surface area contributed by atoms with E-state index >= 15 is 0 Å². The van der Waals surface area contributed by atoms with Gasteiger partial charge in [0.15, 0.2) is 49.7 Å². The van der Waals surface area contributed by atoms with Crippen LogP contribution in [0.3, 0.4) is 0 Å². The largest absolute Gasteiger partial charge is 0.494 e. The van der Waals surface area contributed by atoms with E-state index in [0.29, 0.717) is 99.7 Å². The molecular weight excluding hydrogens is 1630 g/mol. The number of thiazole rings is 6. The lowest BCUT2D eigenvalue weighted by molar-refractivity contribution is -0.501. The van der Waals surface area contributed by atoms with Crippen LogP contribution in [-0.4, -0.2) is 155 Å². The van der Waals surface area contributed by atoms with Crippen molar-refractivity contribution < 1.29 is 76.5 Å². The van der Waals surface area contributed by atoms with E-state index in [2.05, 4.69) is 49.8 Å². The molecular formula is C65H63Cl6F3N12O14S6. The third-order valence-electron chi connectivity index (χ3n) is 13.8. The summed E-state index contributed by atoms with van der Waals surface area (Å²) in [7, 11) is 7.40. The van der Waals surface area contributed by atoms with E-state index in [4.69, 9.17) is 109 Å². The number of carbonyl (C=O) groups is 2. The van der Waals surface area contributed by atoms with Crippen LogP contribution in [0.4, 0.5) is 13.2 Å². The number of aliphatic hydroxyl groups excluding tert-OH is 1. The first-order valence-corrected chi connectivity index (χ1v) is 37.2. The minimum absolute atomic E-state index is 0.0786. The van der Waals surface area contributed by atoms with Crippen molar-refractivity contribution in [3.8, 4) is 76.8 Å². The van der Waals surface area contributed by atoms with Crippen LogP contribution in [0.5, 0.6) is 34.5 Å². The highest BCUT2D eigenvalue weighted by Gasteiger charge is 2.41. The molecule has 26 nitrogen and oxygen atoms in total. The number of benzene rings is 1. The van der Waals surface area contributed by atoms with Crippen molar-refractivity contribution in [3.63, 3.8) is 0 Å². The van der Waals surface area contributed by atoms with E-state index in [1.54, 1.807) is 94.3 Å². The minimum Gasteiger partial charge on any atom is -0.494 e. The Labute approximate surface area is 657 Å². The molecule has 3 unspecified atom stereocenters. The molecule has 0 saturated heterocycles. The molecule has 10 aromatic heterocycles. The molecule has 3 atom stereocenters. The van der Waals surface area contributed by atoms with Gasteiger partial charge in [-0.15, -0.1) is 68.0 Å². The predicted molar refractivity (Wildman–Crippen MR) is 406 cm³/mol. The van der Waals surface area contributed by atoms with Crippen molar-refractivity contribution in [2.75, 3.05) is 61.9 Å². The summed E-state index contributed by atoms with van der Waals surface area (Å²) in [4.78, 5) is 78.0. The number of hydrogen-bond acceptors (Lipinski definition) is 31. The number of aromatic nitrogens is 10. The number of aryl methyl sites for hydroxylation is 1. The number of aliphatic hydroxyl groups is 4. The van der Waals surface area contributed by atoms with Gasteiger partial charge in [-0.25, -0.2) is 49.8 Å². The molecule has 0 amide bonds. The van der Waals surface area contributed by atoms with Crippen molar-refractivity contribution in [1.29, 1.82) is 0 Å². The van der Waals surface area contributed by atoms with E-state index in [9.17, 15) is 48.2 Å². The van der Waals surface area contributed by atoms with Crippen LogP contribution in [0.15, 0.2) is 109 Å². The zero-order valence-corrected chi connectivity index (χ0v) is 66.3. The minimum atomic E-state index is -4.98. The molecule has 0 spiro atoms. The van der Waals surface area contributed by atoms with Crippen LogP contribution in [0.1, 0.15) is 76.4 Å². The second kappa shape index (κ2) is 40.6. The average Bonchev–Trinajstić information content (AvgIpc) is 1.45. The Morgan fingerprint density at radius 2 is 0.934 bits per heavy atom. The van der Waals surface area contributed by atoms with Crippen molar-refractivity contribution in [3.05, 3.63) is 179 Å². The van der Waals surface area contributed by atoms with Crippen LogP contribution in [0.2, 0.25) is 26.8 Å². The molecule has 0 bridgehead atoms. The normalized spacial score (nSPS) is 12.5. The molecule has 11 rings (SSSR count). The lowest BCUT2D eigenvalue weighted by atomic mass is 9.92. The van der Waals surface area contributed by atoms with Crippen molar-refractivity contribution >= 4 is 149 Å². The first kappa shape index (κ1) is 87.4. The summed E-state index contributed by atoms with van der Waals surface area (Å²) in [6.07, 6.45) is 4.79. The Morgan fingerprint density at radius 3 is 1.25 bits per heavy atom. The number of nitrogens with zero attached hydrogens (tertiary/aromatic N) is 11. The molecule has 106 heavy (non-hydrogen) atoms. The van der Waals surface area contributed by atoms with Gasteiger partial charge in [-0.3, -0.25) is 19.7 Å². The molecule has 0 aliphatic carbocycles. The number of hydrogen-bond donors (Lipinski definition) is 5. The number of rotatable bonds is 23. The number of ketones is 2. The summed E-state index contributed by atoms with van der Waals surface area (Å²) >= 11 is 41.8. The summed E-state index contributed by atoms with van der Waals surface area (Å²) in [5.74, 6) is 0.472. The number of nitro groups is 1. The second-order valence-electron chi connectivity index (χ2n) is 21.6. The van der Waals surface area contributed by atoms with Gasteiger partial charge >= 0.3 is 6.18 Å². The van der Waals surface area contributed by atoms with E-state index in [0.717, 1.165) is 27.2 Å². The van der Waals surface area contributed by atoms with Gasteiger partial charge in [0, 0.05) is 70.9 Å². The zero-order valence-electron chi connectivity index (χ0n) is 56.9. The molecule has 41 heteroatoms. The Morgan fingerprint density at radius 1 is 0.538 bits per heavy atom. The van der Waals surface area contributed by atoms with Gasteiger partial charge < -0.3 is 54.6 Å². The maximum atomic E-state index is 12.8. The Kier molecular flexibility index (Phi) is 33.5. The second-order valence-corrected chi connectivity index (χ2v) is 31.4. The molecule has 0 fully saturated rings. The number of pyridine rings is 4. The monoisotopic (exact) mass is 1690 g/mol. The maximum absolute atomic E-state index is 12.8. The molecule has 10 heterocycles. The number of ether oxygens (including phenoxy) is 6. The quantitative estimate of drug-likeness (QED) is 0.0226. The molecule has 0 aliphatic rings. The Hall–Kier alpha value is -7.53. The fraction of sp³-hybridized carbons (Fsp3) is 0.292. The lowest BCUT2D eigenvalue weighted by Crippen LogP contribution is -2.32. The average molecular weight is 1700 g/mol. The molecule has 0 radical (unpaired) electrons. The first-order valence-electron chi connectivity index (χ1n) is 30.0. The van der Waals surface area contributed by atoms with Gasteiger partial charge in [0.2, 0.25) is 6.54 Å². The van der Waals surface area contributed by atoms with Crippen molar-refractivity contribution in [2.24, 2.45) is 5.73 Å². The Balaban J connectivity index is 0.000000213. The standard InChI is InChI=1S/C23H25ClN2O6S.C12H12ClN3O4S.C12H14ClN3O2S.C11H6ClF3N2O2S.C4H4ClNS.C3H2ClNS/c1-23(29,20-7-6-17(30-2)21(26-20)19-13-25-22(24)33-19)9-8-15(28)14-4-5-16(32-11-10-27)18(12-14)31-3;1-12(17,6-16(18)19)9-4-3-7(20-2)10(15-9)8-5-14-11(13)21-8;1-12(17,6-14)9-4-3-7(18-2)10(16-9)8-5-15-11(13)19-8;1-19-6-3-2-5(9(18)11(13,14)15)17-8(6)7-4-16-10(12)20-7;1-3-2-6-4(5)7-3;4-3-5-1-2-6-3/h4-7,12-13,27,29H,8-11H2,1-3H3;3-5,17H,6H2,1-2H3;3-5,17H,6,14H2,1-2H3;2-4H,1H3;2H,1H3;1-2H. The third kappa shape index (κ3) is 25.6. The summed E-state index contributed by atoms with van der Waals surface area (Å²) in [6, 6.07) is 17.0. The van der Waals surface area contributed by atoms with E-state index in [1.165, 1.54) is 117 Å². The van der Waals surface area contributed by atoms with Crippen LogP contribution < -0.4 is 34.2 Å². The predicted octanol–water partition coefficient (Wildman–Crippen LogP) is 16.0. The van der Waals surface area contributed by atoms with E-state index in [1.807, 2.05) is 12.3 Å².